The van der Waals surface area contributed by atoms with Crippen LogP contribution in [0.15, 0.2) is 45.5 Å². The average Bonchev–Trinajstić information content (AvgIpc) is 3.46. The SMILES string of the molecule is O=C(c1cc2cc(F)ccc2[nH]1)N1CCC[C@@H](c2nnc(-c3ccsc3)o2)C1. The van der Waals surface area contributed by atoms with Crippen molar-refractivity contribution in [3.63, 3.8) is 0 Å². The second-order valence-electron chi connectivity index (χ2n) is 6.96. The van der Waals surface area contributed by atoms with Crippen molar-refractivity contribution < 1.29 is 13.6 Å². The van der Waals surface area contributed by atoms with Gasteiger partial charge < -0.3 is 14.3 Å². The molecule has 6 nitrogen and oxygen atoms in total. The van der Waals surface area contributed by atoms with E-state index in [2.05, 4.69) is 15.2 Å². The van der Waals surface area contributed by atoms with Gasteiger partial charge in [-0.05, 0) is 48.6 Å². The van der Waals surface area contributed by atoms with Gasteiger partial charge in [0, 0.05) is 34.9 Å². The molecule has 5 rings (SSSR count). The Morgan fingerprint density at radius 1 is 1.29 bits per heavy atom. The zero-order valence-electron chi connectivity index (χ0n) is 14.9. The number of carbonyl (C=O) groups is 1. The molecule has 4 heterocycles. The highest BCUT2D eigenvalue weighted by molar-refractivity contribution is 7.08. The number of hydrogen-bond acceptors (Lipinski definition) is 5. The van der Waals surface area contributed by atoms with Gasteiger partial charge in [-0.1, -0.05) is 0 Å². The van der Waals surface area contributed by atoms with Crippen LogP contribution in [0.4, 0.5) is 4.39 Å². The molecule has 0 aliphatic carbocycles. The molecule has 1 aliphatic rings. The summed E-state index contributed by atoms with van der Waals surface area (Å²) in [5.41, 5.74) is 2.12. The fraction of sp³-hybridized carbons (Fsp3) is 0.250. The second kappa shape index (κ2) is 6.87. The molecule has 0 unspecified atom stereocenters. The van der Waals surface area contributed by atoms with Crippen molar-refractivity contribution in [3.05, 3.63) is 58.5 Å². The number of thiophene rings is 1. The molecular formula is C20H17FN4O2S. The van der Waals surface area contributed by atoms with Gasteiger partial charge in [0.2, 0.25) is 11.8 Å². The Morgan fingerprint density at radius 2 is 2.21 bits per heavy atom. The molecule has 1 amide bonds. The maximum atomic E-state index is 13.4. The molecule has 1 aliphatic heterocycles. The Morgan fingerprint density at radius 3 is 3.07 bits per heavy atom. The molecule has 1 aromatic carbocycles. The van der Waals surface area contributed by atoms with E-state index in [0.717, 1.165) is 23.9 Å². The maximum absolute atomic E-state index is 13.4. The molecule has 4 aromatic rings. The van der Waals surface area contributed by atoms with E-state index in [1.54, 1.807) is 28.4 Å². The van der Waals surface area contributed by atoms with Gasteiger partial charge in [-0.2, -0.15) is 11.3 Å². The van der Waals surface area contributed by atoms with E-state index in [0.29, 0.717) is 36.0 Å². The standard InChI is InChI=1S/C20H17FN4O2S/c21-15-3-4-16-14(8-15)9-17(22-16)20(26)25-6-1-2-12(10-25)18-23-24-19(27-18)13-5-7-28-11-13/h3-5,7-9,11-12,22H,1-2,6,10H2/t12-/m1/s1. The minimum atomic E-state index is -0.318. The lowest BCUT2D eigenvalue weighted by molar-refractivity contribution is 0.0693. The van der Waals surface area contributed by atoms with E-state index in [4.69, 9.17) is 4.42 Å². The first-order chi connectivity index (χ1) is 13.7. The molecule has 0 spiro atoms. The number of nitrogens with one attached hydrogen (secondary N) is 1. The van der Waals surface area contributed by atoms with Crippen LogP contribution in [0.2, 0.25) is 0 Å². The summed E-state index contributed by atoms with van der Waals surface area (Å²) in [5, 5.41) is 13.0. The number of fused-ring (bicyclic) bond motifs is 1. The molecule has 1 saturated heterocycles. The molecule has 3 aromatic heterocycles. The summed E-state index contributed by atoms with van der Waals surface area (Å²) in [7, 11) is 0. The smallest absolute Gasteiger partial charge is 0.270 e. The van der Waals surface area contributed by atoms with Crippen molar-refractivity contribution in [2.24, 2.45) is 0 Å². The fourth-order valence-electron chi connectivity index (χ4n) is 3.65. The number of amides is 1. The number of rotatable bonds is 3. The molecule has 0 radical (unpaired) electrons. The van der Waals surface area contributed by atoms with Crippen LogP contribution in [0.5, 0.6) is 0 Å². The number of benzene rings is 1. The van der Waals surface area contributed by atoms with E-state index in [-0.39, 0.29) is 17.6 Å². The zero-order chi connectivity index (χ0) is 19.1. The summed E-state index contributed by atoms with van der Waals surface area (Å²) >= 11 is 1.58. The lowest BCUT2D eigenvalue weighted by Gasteiger charge is -2.30. The van der Waals surface area contributed by atoms with E-state index in [9.17, 15) is 9.18 Å². The van der Waals surface area contributed by atoms with Crippen LogP contribution in [0, 0.1) is 5.82 Å². The summed E-state index contributed by atoms with van der Waals surface area (Å²) < 4.78 is 19.3. The van der Waals surface area contributed by atoms with Gasteiger partial charge in [-0.15, -0.1) is 10.2 Å². The quantitative estimate of drug-likeness (QED) is 0.556. The third-order valence-corrected chi connectivity index (χ3v) is 5.76. The Balaban J connectivity index is 1.35. The largest absolute Gasteiger partial charge is 0.420 e. The number of piperidine rings is 1. The third kappa shape index (κ3) is 3.09. The average molecular weight is 396 g/mol. The molecular weight excluding hydrogens is 379 g/mol. The van der Waals surface area contributed by atoms with E-state index in [1.807, 2.05) is 16.8 Å². The Hall–Kier alpha value is -3.00. The number of aromatic amines is 1. The van der Waals surface area contributed by atoms with Gasteiger partial charge in [0.05, 0.1) is 5.92 Å². The summed E-state index contributed by atoms with van der Waals surface area (Å²) in [6.45, 7) is 1.19. The molecule has 142 valence electrons. The number of halogens is 1. The molecule has 0 saturated carbocycles. The highest BCUT2D eigenvalue weighted by atomic mass is 32.1. The van der Waals surface area contributed by atoms with Crippen molar-refractivity contribution in [1.82, 2.24) is 20.1 Å². The van der Waals surface area contributed by atoms with Gasteiger partial charge in [-0.3, -0.25) is 4.79 Å². The van der Waals surface area contributed by atoms with Crippen molar-refractivity contribution in [3.8, 4) is 11.5 Å². The van der Waals surface area contributed by atoms with Crippen LogP contribution in [0.1, 0.15) is 35.1 Å². The predicted octanol–water partition coefficient (Wildman–Crippen LogP) is 4.44. The lowest BCUT2D eigenvalue weighted by Crippen LogP contribution is -2.39. The van der Waals surface area contributed by atoms with Crippen LogP contribution < -0.4 is 0 Å². The third-order valence-electron chi connectivity index (χ3n) is 5.08. The molecule has 1 N–H and O–H groups in total. The van der Waals surface area contributed by atoms with Gasteiger partial charge in [0.1, 0.15) is 11.5 Å². The highest BCUT2D eigenvalue weighted by Crippen LogP contribution is 2.30. The highest BCUT2D eigenvalue weighted by Gasteiger charge is 2.29. The van der Waals surface area contributed by atoms with Crippen LogP contribution in [-0.2, 0) is 0 Å². The number of H-pyrrole nitrogens is 1. The molecule has 1 fully saturated rings. The van der Waals surface area contributed by atoms with Crippen LogP contribution in [-0.4, -0.2) is 39.1 Å². The molecule has 8 heteroatoms. The van der Waals surface area contributed by atoms with E-state index < -0.39 is 0 Å². The Labute approximate surface area is 164 Å². The van der Waals surface area contributed by atoms with E-state index >= 15 is 0 Å². The first kappa shape index (κ1) is 17.1. The van der Waals surface area contributed by atoms with Crippen molar-refractivity contribution in [2.75, 3.05) is 13.1 Å². The minimum absolute atomic E-state index is 0.0133. The Bertz CT molecular complexity index is 1130. The second-order valence-corrected chi connectivity index (χ2v) is 7.74. The number of nitrogens with zero attached hydrogens (tertiary/aromatic N) is 3. The van der Waals surface area contributed by atoms with Crippen LogP contribution in [0.3, 0.4) is 0 Å². The Kier molecular flexibility index (Phi) is 4.20. The molecule has 1 atom stereocenters. The summed E-state index contributed by atoms with van der Waals surface area (Å²) in [4.78, 5) is 17.8. The lowest BCUT2D eigenvalue weighted by atomic mass is 9.98. The first-order valence-corrected chi connectivity index (χ1v) is 10.1. The number of likely N-dealkylation sites (tertiary alicyclic amines) is 1. The van der Waals surface area contributed by atoms with Crippen molar-refractivity contribution in [2.45, 2.75) is 18.8 Å². The van der Waals surface area contributed by atoms with Crippen molar-refractivity contribution in [1.29, 1.82) is 0 Å². The summed E-state index contributed by atoms with van der Waals surface area (Å²) in [5.74, 6) is 0.675. The molecule has 28 heavy (non-hydrogen) atoms. The van der Waals surface area contributed by atoms with Crippen LogP contribution in [0.25, 0.3) is 22.4 Å². The predicted molar refractivity (Wildman–Crippen MR) is 104 cm³/mol. The topological polar surface area (TPSA) is 75.0 Å². The molecule has 0 bridgehead atoms. The van der Waals surface area contributed by atoms with Crippen molar-refractivity contribution >= 4 is 28.1 Å². The van der Waals surface area contributed by atoms with Gasteiger partial charge in [-0.25, -0.2) is 4.39 Å². The van der Waals surface area contributed by atoms with Crippen LogP contribution >= 0.6 is 11.3 Å². The van der Waals surface area contributed by atoms with Gasteiger partial charge in [0.25, 0.3) is 5.91 Å². The normalized spacial score (nSPS) is 17.3. The van der Waals surface area contributed by atoms with Gasteiger partial charge in [0.15, 0.2) is 0 Å². The van der Waals surface area contributed by atoms with E-state index in [1.165, 1.54) is 12.1 Å². The number of carbonyl (C=O) groups excluding carboxylic acids is 1. The summed E-state index contributed by atoms with van der Waals surface area (Å²) in [6.07, 6.45) is 1.76. The fourth-order valence-corrected chi connectivity index (χ4v) is 4.28. The number of aromatic nitrogens is 3. The first-order valence-electron chi connectivity index (χ1n) is 9.11. The minimum Gasteiger partial charge on any atom is -0.420 e. The zero-order valence-corrected chi connectivity index (χ0v) is 15.7. The van der Waals surface area contributed by atoms with Gasteiger partial charge >= 0.3 is 0 Å². The monoisotopic (exact) mass is 396 g/mol. The summed E-state index contributed by atoms with van der Waals surface area (Å²) in [6, 6.07) is 8.09. The maximum Gasteiger partial charge on any atom is 0.270 e. The number of hydrogen-bond donors (Lipinski definition) is 1.